The lowest BCUT2D eigenvalue weighted by molar-refractivity contribution is -0.295. The minimum atomic E-state index is -1.37. The molecular formula is C43H66N6O10. The van der Waals surface area contributed by atoms with E-state index in [4.69, 9.17) is 23.7 Å². The van der Waals surface area contributed by atoms with E-state index in [9.17, 15) is 24.3 Å². The molecule has 3 fully saturated rings. The Labute approximate surface area is 348 Å². The minimum absolute atomic E-state index is 0.128. The number of esters is 1. The topological polar surface area (TPSA) is 185 Å². The van der Waals surface area contributed by atoms with Gasteiger partial charge in [0, 0.05) is 62.6 Å². The van der Waals surface area contributed by atoms with Crippen LogP contribution < -0.4 is 0 Å². The summed E-state index contributed by atoms with van der Waals surface area (Å²) in [6.07, 6.45) is 6.00. The third-order valence-electron chi connectivity index (χ3n) is 13.0. The van der Waals surface area contributed by atoms with Crippen LogP contribution in [0.3, 0.4) is 0 Å². The molecule has 2 aromatic heterocycles. The third kappa shape index (κ3) is 9.56. The summed E-state index contributed by atoms with van der Waals surface area (Å²) in [5, 5.41) is 11.5. The molecule has 1 N–H and O–H groups in total. The number of unbranched alkanes of at least 4 members (excludes halogenated alkanes) is 1. The van der Waals surface area contributed by atoms with Gasteiger partial charge in [-0.1, -0.05) is 34.6 Å². The van der Waals surface area contributed by atoms with Crippen molar-refractivity contribution >= 4 is 23.6 Å². The van der Waals surface area contributed by atoms with Gasteiger partial charge in [0.2, 0.25) is 0 Å². The first kappa shape index (κ1) is 46.2. The fraction of sp³-hybridized carbons (Fsp3) is 0.744. The summed E-state index contributed by atoms with van der Waals surface area (Å²) in [4.78, 5) is 73.7. The van der Waals surface area contributed by atoms with Gasteiger partial charge in [-0.25, -0.2) is 9.78 Å². The number of hydrogen-bond acceptors (Lipinski definition) is 14. The van der Waals surface area contributed by atoms with E-state index in [1.807, 2.05) is 64.4 Å². The summed E-state index contributed by atoms with van der Waals surface area (Å²) in [5.74, 6) is -4.95. The van der Waals surface area contributed by atoms with Crippen molar-refractivity contribution in [3.63, 3.8) is 0 Å². The molecule has 59 heavy (non-hydrogen) atoms. The number of fused-ring (bicyclic) bond motifs is 1. The van der Waals surface area contributed by atoms with Gasteiger partial charge in [0.25, 0.3) is 0 Å². The van der Waals surface area contributed by atoms with Crippen LogP contribution in [0.15, 0.2) is 31.1 Å². The molecule has 3 saturated heterocycles. The maximum Gasteiger partial charge on any atom is 0.410 e. The summed E-state index contributed by atoms with van der Waals surface area (Å²) < 4.78 is 33.4. The number of nitrogens with zero attached hydrogens (tertiary/aromatic N) is 6. The number of carbonyl (C=O) groups excluding carboxylic acids is 4. The number of ketones is 2. The summed E-state index contributed by atoms with van der Waals surface area (Å²) in [7, 11) is 5.24. The highest BCUT2D eigenvalue weighted by Gasteiger charge is 2.62. The number of rotatable bonds is 12. The Bertz CT molecular complexity index is 1760. The van der Waals surface area contributed by atoms with E-state index in [2.05, 4.69) is 15.0 Å². The number of carbonyl (C=O) groups is 4. The summed E-state index contributed by atoms with van der Waals surface area (Å²) in [6.45, 7) is 15.1. The molecule has 16 nitrogen and oxygen atoms in total. The van der Waals surface area contributed by atoms with Gasteiger partial charge in [-0.3, -0.25) is 24.4 Å². The number of imidazole rings is 1. The molecule has 328 valence electrons. The summed E-state index contributed by atoms with van der Waals surface area (Å²) in [6, 6.07) is -1.07. The predicted octanol–water partition coefficient (Wildman–Crippen LogP) is 4.71. The zero-order valence-electron chi connectivity index (χ0n) is 36.7. The largest absolute Gasteiger partial charge is 0.457 e. The van der Waals surface area contributed by atoms with Crippen molar-refractivity contribution in [2.75, 3.05) is 27.7 Å². The molecule has 0 radical (unpaired) electrons. The number of hydrogen-bond donors (Lipinski definition) is 1. The van der Waals surface area contributed by atoms with E-state index < -0.39 is 83.4 Å². The van der Waals surface area contributed by atoms with E-state index in [0.717, 1.165) is 0 Å². The number of aromatic nitrogens is 4. The van der Waals surface area contributed by atoms with Gasteiger partial charge in [-0.15, -0.1) is 0 Å². The molecule has 3 aliphatic heterocycles. The maximum atomic E-state index is 14.8. The van der Waals surface area contributed by atoms with Crippen LogP contribution in [-0.4, -0.2) is 140 Å². The van der Waals surface area contributed by atoms with Crippen molar-refractivity contribution in [2.24, 2.45) is 23.7 Å². The van der Waals surface area contributed by atoms with Crippen LogP contribution in [0.5, 0.6) is 0 Å². The number of aliphatic hydroxyl groups is 1. The highest BCUT2D eigenvalue weighted by molar-refractivity contribution is 6.00. The van der Waals surface area contributed by atoms with Crippen LogP contribution in [0.25, 0.3) is 11.4 Å². The van der Waals surface area contributed by atoms with Crippen LogP contribution in [0.4, 0.5) is 4.79 Å². The molecule has 13 atom stereocenters. The number of methoxy groups -OCH3 is 1. The van der Waals surface area contributed by atoms with Gasteiger partial charge < -0.3 is 43.2 Å². The Morgan fingerprint density at radius 3 is 2.31 bits per heavy atom. The second-order valence-corrected chi connectivity index (χ2v) is 17.3. The van der Waals surface area contributed by atoms with Crippen molar-refractivity contribution < 1.29 is 48.0 Å². The van der Waals surface area contributed by atoms with E-state index >= 15 is 0 Å². The number of cyclic esters (lactones) is 1. The van der Waals surface area contributed by atoms with Gasteiger partial charge in [-0.05, 0) is 73.4 Å². The Morgan fingerprint density at radius 2 is 1.68 bits per heavy atom. The molecular weight excluding hydrogens is 761 g/mol. The predicted molar refractivity (Wildman–Crippen MR) is 217 cm³/mol. The minimum Gasteiger partial charge on any atom is -0.457 e. The monoisotopic (exact) mass is 826 g/mol. The highest BCUT2D eigenvalue weighted by atomic mass is 16.7. The fourth-order valence-electron chi connectivity index (χ4n) is 9.62. The van der Waals surface area contributed by atoms with Gasteiger partial charge >= 0.3 is 12.1 Å². The van der Waals surface area contributed by atoms with E-state index in [-0.39, 0.29) is 37.2 Å². The van der Waals surface area contributed by atoms with Gasteiger partial charge in [0.05, 0.1) is 36.4 Å². The second kappa shape index (κ2) is 19.3. The van der Waals surface area contributed by atoms with Crippen molar-refractivity contribution in [3.05, 3.63) is 31.1 Å². The van der Waals surface area contributed by atoms with Crippen molar-refractivity contribution in [1.29, 1.82) is 0 Å². The maximum absolute atomic E-state index is 14.8. The fourth-order valence-corrected chi connectivity index (χ4v) is 9.62. The number of Topliss-reactive ketones (excluding diaryl/α,β-unsaturated/α-hetero) is 2. The first-order valence-electron chi connectivity index (χ1n) is 21.2. The molecule has 0 aliphatic carbocycles. The second-order valence-electron chi connectivity index (χ2n) is 17.3. The number of aliphatic hydroxyl groups excluding tert-OH is 1. The zero-order chi connectivity index (χ0) is 43.4. The van der Waals surface area contributed by atoms with Gasteiger partial charge in [0.1, 0.15) is 35.3 Å². The van der Waals surface area contributed by atoms with E-state index in [1.54, 1.807) is 43.7 Å². The first-order valence-corrected chi connectivity index (χ1v) is 21.2. The van der Waals surface area contributed by atoms with Crippen LogP contribution in [-0.2, 0) is 44.6 Å². The molecule has 2 aromatic rings. The third-order valence-corrected chi connectivity index (χ3v) is 13.0. The number of amides is 1. The molecule has 0 spiro atoms. The molecule has 16 heteroatoms. The van der Waals surface area contributed by atoms with Crippen LogP contribution in [0.1, 0.15) is 93.9 Å². The van der Waals surface area contributed by atoms with Crippen LogP contribution >= 0.6 is 0 Å². The van der Waals surface area contributed by atoms with E-state index in [1.165, 1.54) is 14.0 Å². The molecule has 1 unspecified atom stereocenters. The first-order chi connectivity index (χ1) is 27.9. The zero-order valence-corrected chi connectivity index (χ0v) is 36.7. The summed E-state index contributed by atoms with van der Waals surface area (Å²) >= 11 is 0. The van der Waals surface area contributed by atoms with Crippen molar-refractivity contribution in [2.45, 2.75) is 154 Å². The molecule has 5 heterocycles. The molecule has 0 bridgehead atoms. The Morgan fingerprint density at radius 1 is 0.966 bits per heavy atom. The smallest absolute Gasteiger partial charge is 0.410 e. The molecule has 0 aromatic carbocycles. The number of aryl methyl sites for hydroxylation is 1. The van der Waals surface area contributed by atoms with Gasteiger partial charge in [0.15, 0.2) is 17.7 Å². The quantitative estimate of drug-likeness (QED) is 0.176. The average Bonchev–Trinajstić information content (AvgIpc) is 3.82. The number of likely N-dealkylation sites (N-methyl/N-ethyl adjacent to an activating group) is 1. The molecule has 3 aliphatic rings. The normalized spacial score (nSPS) is 36.3. The standard InChI is InChI=1S/C43H66N6O10/c1-12-33-43(13-2)37(49(41(54)59-43)19-15-14-18-48-23-31(46-24-48)30-22-44-16-17-45-30)27(5)34(50)25(3)21-42(8,55-11)38(28(6)35(51)29(7)39(53)57-33)58-40-36(52)32(47(9)10)20-26(4)56-40/h16-17,22-29,32-33,36-38,40,52H,12-15,18-21H2,1-11H3/t25-,26-,27+,28+,29-,32+,33-,36-,37-,38-,40?,42+,43-/m1/s1. The van der Waals surface area contributed by atoms with E-state index in [0.29, 0.717) is 43.7 Å². The van der Waals surface area contributed by atoms with Crippen LogP contribution in [0.2, 0.25) is 0 Å². The van der Waals surface area contributed by atoms with Crippen LogP contribution in [0, 0.1) is 23.7 Å². The lowest BCUT2D eigenvalue weighted by atomic mass is 9.72. The summed E-state index contributed by atoms with van der Waals surface area (Å²) in [5.41, 5.74) is -1.27. The lowest BCUT2D eigenvalue weighted by Gasteiger charge is -2.47. The Kier molecular flexibility index (Phi) is 15.1. The highest BCUT2D eigenvalue weighted by Crippen LogP contribution is 2.45. The SMILES string of the molecule is CC[C@H]1OC(=O)[C@H](C)C(=O)[C@H](C)[C@@H](OC2O[C@H](C)C[C@H](N(C)C)[C@H]2O)[C@@](C)(OC)C[C@@H](C)C(=O)[C@H](C)[C@H]2N(CCCCn3cnc(-c4cnccn4)c3)C(=O)O[C@]12CC. The molecule has 5 rings (SSSR count). The number of ether oxygens (including phenoxy) is 5. The Hall–Kier alpha value is -3.83. The average molecular weight is 827 g/mol. The lowest BCUT2D eigenvalue weighted by Crippen LogP contribution is -2.61. The Balaban J connectivity index is 1.46. The molecule has 1 amide bonds. The van der Waals surface area contributed by atoms with Crippen molar-refractivity contribution in [1.82, 2.24) is 29.3 Å². The molecule has 0 saturated carbocycles. The van der Waals surface area contributed by atoms with Gasteiger partial charge in [-0.2, -0.15) is 0 Å². The van der Waals surface area contributed by atoms with Crippen molar-refractivity contribution in [3.8, 4) is 11.4 Å².